The third kappa shape index (κ3) is 3.62. The van der Waals surface area contributed by atoms with Crippen LogP contribution >= 0.6 is 31.9 Å². The molecule has 1 N–H and O–H groups in total. The molecule has 0 aromatic heterocycles. The summed E-state index contributed by atoms with van der Waals surface area (Å²) in [5.74, 6) is 0. The fourth-order valence-electron chi connectivity index (χ4n) is 1.81. The van der Waals surface area contributed by atoms with Crippen LogP contribution in [0.4, 0.5) is 13.2 Å². The van der Waals surface area contributed by atoms with Crippen molar-refractivity contribution in [1.82, 2.24) is 0 Å². The number of hydrogen-bond donors (Lipinski definition) is 1. The second kappa shape index (κ2) is 5.87. The Morgan fingerprint density at radius 2 is 1.50 bits per heavy atom. The highest BCUT2D eigenvalue weighted by Crippen LogP contribution is 2.33. The minimum Gasteiger partial charge on any atom is -0.384 e. The van der Waals surface area contributed by atoms with Gasteiger partial charge in [-0.3, -0.25) is 0 Å². The molecule has 0 aliphatic heterocycles. The van der Waals surface area contributed by atoms with Crippen molar-refractivity contribution >= 4 is 31.9 Å². The van der Waals surface area contributed by atoms with Crippen molar-refractivity contribution in [3.05, 3.63) is 68.1 Å². The Hall–Kier alpha value is -0.850. The number of hydrogen-bond acceptors (Lipinski definition) is 1. The van der Waals surface area contributed by atoms with Gasteiger partial charge in [0.1, 0.15) is 6.10 Å². The summed E-state index contributed by atoms with van der Waals surface area (Å²) in [4.78, 5) is 0. The molecule has 0 spiro atoms. The molecule has 0 saturated heterocycles. The van der Waals surface area contributed by atoms with E-state index in [1.165, 1.54) is 12.1 Å². The molecule has 1 unspecified atom stereocenters. The molecule has 2 rings (SSSR count). The van der Waals surface area contributed by atoms with Gasteiger partial charge in [-0.2, -0.15) is 13.2 Å². The molecule has 0 heterocycles. The summed E-state index contributed by atoms with van der Waals surface area (Å²) in [6.07, 6.45) is -5.54. The Morgan fingerprint density at radius 1 is 0.900 bits per heavy atom. The molecule has 20 heavy (non-hydrogen) atoms. The molecule has 0 aliphatic rings. The van der Waals surface area contributed by atoms with Gasteiger partial charge in [0.15, 0.2) is 0 Å². The smallest absolute Gasteiger partial charge is 0.384 e. The summed E-state index contributed by atoms with van der Waals surface area (Å²) in [6.45, 7) is 0. The van der Waals surface area contributed by atoms with Crippen LogP contribution in [0, 0.1) is 0 Å². The third-order valence-corrected chi connectivity index (χ3v) is 3.65. The zero-order valence-corrected chi connectivity index (χ0v) is 13.1. The van der Waals surface area contributed by atoms with Gasteiger partial charge in [-0.1, -0.05) is 44.0 Å². The highest BCUT2D eigenvalue weighted by atomic mass is 79.9. The van der Waals surface area contributed by atoms with Crippen LogP contribution in [0.1, 0.15) is 22.8 Å². The first-order chi connectivity index (χ1) is 9.27. The van der Waals surface area contributed by atoms with Gasteiger partial charge in [0.05, 0.1) is 5.56 Å². The average molecular weight is 410 g/mol. The van der Waals surface area contributed by atoms with Gasteiger partial charge in [0.25, 0.3) is 0 Å². The van der Waals surface area contributed by atoms with Crippen LogP contribution in [0.3, 0.4) is 0 Å². The maximum atomic E-state index is 12.7. The van der Waals surface area contributed by atoms with Crippen LogP contribution < -0.4 is 0 Å². The first kappa shape index (κ1) is 15.5. The Balaban J connectivity index is 2.40. The van der Waals surface area contributed by atoms with Gasteiger partial charge in [0.2, 0.25) is 0 Å². The minimum atomic E-state index is -4.42. The van der Waals surface area contributed by atoms with Crippen molar-refractivity contribution in [2.24, 2.45) is 0 Å². The lowest BCUT2D eigenvalue weighted by Gasteiger charge is -2.15. The molecule has 0 aliphatic carbocycles. The van der Waals surface area contributed by atoms with E-state index in [0.717, 1.165) is 21.1 Å². The number of benzene rings is 2. The van der Waals surface area contributed by atoms with Crippen LogP contribution in [0.5, 0.6) is 0 Å². The quantitative estimate of drug-likeness (QED) is 0.712. The topological polar surface area (TPSA) is 20.2 Å². The molecule has 1 atom stereocenters. The van der Waals surface area contributed by atoms with Gasteiger partial charge in [-0.05, 0) is 41.5 Å². The van der Waals surface area contributed by atoms with E-state index in [9.17, 15) is 18.3 Å². The zero-order chi connectivity index (χ0) is 14.9. The van der Waals surface area contributed by atoms with Crippen molar-refractivity contribution < 1.29 is 18.3 Å². The predicted octanol–water partition coefficient (Wildman–Crippen LogP) is 5.31. The van der Waals surface area contributed by atoms with Crippen molar-refractivity contribution in [2.45, 2.75) is 12.3 Å². The van der Waals surface area contributed by atoms with E-state index >= 15 is 0 Å². The van der Waals surface area contributed by atoms with Crippen molar-refractivity contribution in [2.75, 3.05) is 0 Å². The summed E-state index contributed by atoms with van der Waals surface area (Å²) in [5, 5.41) is 10.2. The van der Waals surface area contributed by atoms with Gasteiger partial charge in [-0.25, -0.2) is 0 Å². The van der Waals surface area contributed by atoms with Gasteiger partial charge in [-0.15, -0.1) is 0 Å². The SMILES string of the molecule is OC(c1cc(Br)cc(Br)c1)c1cccc(C(F)(F)F)c1. The fraction of sp³-hybridized carbons (Fsp3) is 0.143. The van der Waals surface area contributed by atoms with E-state index in [1.54, 1.807) is 18.2 Å². The fourth-order valence-corrected chi connectivity index (χ4v) is 3.14. The van der Waals surface area contributed by atoms with E-state index in [0.29, 0.717) is 5.56 Å². The second-order valence-electron chi connectivity index (χ2n) is 4.23. The summed E-state index contributed by atoms with van der Waals surface area (Å²) in [5.41, 5.74) is -0.0708. The van der Waals surface area contributed by atoms with Crippen LogP contribution in [0.15, 0.2) is 51.4 Å². The lowest BCUT2D eigenvalue weighted by atomic mass is 10.00. The van der Waals surface area contributed by atoms with Crippen LogP contribution in [0.25, 0.3) is 0 Å². The summed E-state index contributed by atoms with van der Waals surface area (Å²) >= 11 is 6.56. The first-order valence-electron chi connectivity index (χ1n) is 5.58. The third-order valence-electron chi connectivity index (χ3n) is 2.73. The number of rotatable bonds is 2. The maximum Gasteiger partial charge on any atom is 0.416 e. The van der Waals surface area contributed by atoms with E-state index < -0.39 is 17.8 Å². The van der Waals surface area contributed by atoms with E-state index in [4.69, 9.17) is 0 Å². The van der Waals surface area contributed by atoms with Gasteiger partial charge < -0.3 is 5.11 Å². The molecule has 2 aromatic rings. The van der Waals surface area contributed by atoms with Crippen molar-refractivity contribution in [1.29, 1.82) is 0 Å². The molecule has 0 fully saturated rings. The monoisotopic (exact) mass is 408 g/mol. The van der Waals surface area contributed by atoms with E-state index in [1.807, 2.05) is 0 Å². The standard InChI is InChI=1S/C14H9Br2F3O/c15-11-5-9(6-12(16)7-11)13(20)8-2-1-3-10(4-8)14(17,18)19/h1-7,13,20H. The molecule has 106 valence electrons. The molecule has 6 heteroatoms. The summed E-state index contributed by atoms with van der Waals surface area (Å²) < 4.78 is 39.5. The Labute approximate surface area is 130 Å². The lowest BCUT2D eigenvalue weighted by Crippen LogP contribution is -2.07. The predicted molar refractivity (Wildman–Crippen MR) is 77.3 cm³/mol. The van der Waals surface area contributed by atoms with Crippen LogP contribution in [-0.4, -0.2) is 5.11 Å². The van der Waals surface area contributed by atoms with Crippen LogP contribution in [0.2, 0.25) is 0 Å². The number of aliphatic hydroxyl groups excluding tert-OH is 1. The van der Waals surface area contributed by atoms with Crippen molar-refractivity contribution in [3.63, 3.8) is 0 Å². The highest BCUT2D eigenvalue weighted by molar-refractivity contribution is 9.11. The van der Waals surface area contributed by atoms with Crippen molar-refractivity contribution in [3.8, 4) is 0 Å². The average Bonchev–Trinajstić information content (AvgIpc) is 2.36. The number of halogens is 5. The molecular weight excluding hydrogens is 401 g/mol. The zero-order valence-electron chi connectivity index (χ0n) is 9.96. The number of aliphatic hydroxyl groups is 1. The Morgan fingerprint density at radius 3 is 2.05 bits per heavy atom. The highest BCUT2D eigenvalue weighted by Gasteiger charge is 2.31. The van der Waals surface area contributed by atoms with Gasteiger partial charge in [0, 0.05) is 8.95 Å². The first-order valence-corrected chi connectivity index (χ1v) is 7.17. The molecule has 0 amide bonds. The molecule has 0 radical (unpaired) electrons. The van der Waals surface area contributed by atoms with E-state index in [2.05, 4.69) is 31.9 Å². The number of alkyl halides is 3. The molecule has 2 aromatic carbocycles. The van der Waals surface area contributed by atoms with E-state index in [-0.39, 0.29) is 5.56 Å². The minimum absolute atomic E-state index is 0.199. The normalized spacial score (nSPS) is 13.3. The Bertz CT molecular complexity index is 606. The van der Waals surface area contributed by atoms with Gasteiger partial charge >= 0.3 is 6.18 Å². The molecule has 0 saturated carbocycles. The molecular formula is C14H9Br2F3O. The largest absolute Gasteiger partial charge is 0.416 e. The summed E-state index contributed by atoms with van der Waals surface area (Å²) in [7, 11) is 0. The lowest BCUT2D eigenvalue weighted by molar-refractivity contribution is -0.137. The molecule has 1 nitrogen and oxygen atoms in total. The molecule has 0 bridgehead atoms. The summed E-state index contributed by atoms with van der Waals surface area (Å²) in [6, 6.07) is 9.80. The second-order valence-corrected chi connectivity index (χ2v) is 6.06. The maximum absolute atomic E-state index is 12.7. The van der Waals surface area contributed by atoms with Crippen LogP contribution in [-0.2, 0) is 6.18 Å². The Kier molecular flexibility index (Phi) is 4.56.